The molecular formula is C15H23N3O5. The standard InChI is InChI=1S/C15H23N3O5/c1-6-9(4)13(18(22-5)11(20)7-10(16)19)12-15(21)23-14(17-12)8(2)3/h8-9H,6-7H2,1-5H3,(H2,16,19)/b13-12-. The minimum absolute atomic E-state index is 0.0164. The first-order chi connectivity index (χ1) is 10.7. The van der Waals surface area contributed by atoms with Crippen LogP contribution >= 0.6 is 0 Å². The molecule has 8 heteroatoms. The van der Waals surface area contributed by atoms with Gasteiger partial charge >= 0.3 is 5.97 Å². The maximum atomic E-state index is 12.2. The second kappa shape index (κ2) is 7.87. The van der Waals surface area contributed by atoms with Crippen molar-refractivity contribution in [1.29, 1.82) is 0 Å². The van der Waals surface area contributed by atoms with Gasteiger partial charge in [0.2, 0.25) is 11.8 Å². The number of aliphatic imine (C=N–C) groups is 1. The third-order valence-corrected chi connectivity index (χ3v) is 3.38. The lowest BCUT2D eigenvalue weighted by molar-refractivity contribution is -0.168. The molecule has 8 nitrogen and oxygen atoms in total. The Hall–Kier alpha value is -2.22. The van der Waals surface area contributed by atoms with E-state index in [-0.39, 0.29) is 29.1 Å². The number of primary amides is 1. The van der Waals surface area contributed by atoms with Gasteiger partial charge in [-0.1, -0.05) is 27.7 Å². The van der Waals surface area contributed by atoms with E-state index in [9.17, 15) is 14.4 Å². The molecule has 1 atom stereocenters. The number of allylic oxidation sites excluding steroid dienone is 1. The number of hydroxylamine groups is 2. The van der Waals surface area contributed by atoms with Crippen LogP contribution in [0.5, 0.6) is 0 Å². The first kappa shape index (κ1) is 18.8. The molecule has 0 aromatic rings. The van der Waals surface area contributed by atoms with Gasteiger partial charge in [0, 0.05) is 11.8 Å². The maximum Gasteiger partial charge on any atom is 0.365 e. The minimum Gasteiger partial charge on any atom is -0.406 e. The van der Waals surface area contributed by atoms with Crippen molar-refractivity contribution in [2.75, 3.05) is 7.11 Å². The van der Waals surface area contributed by atoms with Crippen molar-refractivity contribution in [3.8, 4) is 0 Å². The second-order valence-corrected chi connectivity index (χ2v) is 5.55. The molecule has 0 saturated carbocycles. The number of hydrogen-bond acceptors (Lipinski definition) is 6. The normalized spacial score (nSPS) is 17.7. The molecule has 128 valence electrons. The van der Waals surface area contributed by atoms with E-state index in [1.54, 1.807) is 0 Å². The van der Waals surface area contributed by atoms with Crippen molar-refractivity contribution in [3.05, 3.63) is 11.4 Å². The van der Waals surface area contributed by atoms with Gasteiger partial charge in [-0.05, 0) is 6.42 Å². The molecule has 2 amide bonds. The zero-order valence-electron chi connectivity index (χ0n) is 14.1. The Morgan fingerprint density at radius 1 is 1.35 bits per heavy atom. The average Bonchev–Trinajstić information content (AvgIpc) is 2.84. The smallest absolute Gasteiger partial charge is 0.365 e. The highest BCUT2D eigenvalue weighted by Crippen LogP contribution is 2.28. The predicted octanol–water partition coefficient (Wildman–Crippen LogP) is 1.12. The van der Waals surface area contributed by atoms with Crippen LogP contribution in [0.2, 0.25) is 0 Å². The van der Waals surface area contributed by atoms with Gasteiger partial charge in [-0.2, -0.15) is 5.06 Å². The second-order valence-electron chi connectivity index (χ2n) is 5.55. The van der Waals surface area contributed by atoms with Gasteiger partial charge < -0.3 is 10.5 Å². The number of rotatable bonds is 7. The van der Waals surface area contributed by atoms with E-state index in [0.29, 0.717) is 6.42 Å². The Morgan fingerprint density at radius 3 is 2.35 bits per heavy atom. The number of cyclic esters (lactones) is 1. The molecule has 0 spiro atoms. The maximum absolute atomic E-state index is 12.2. The Labute approximate surface area is 135 Å². The van der Waals surface area contributed by atoms with Gasteiger partial charge in [0.1, 0.15) is 6.42 Å². The van der Waals surface area contributed by atoms with Crippen LogP contribution in [0.1, 0.15) is 40.5 Å². The number of amides is 2. The van der Waals surface area contributed by atoms with Crippen LogP contribution in [0.3, 0.4) is 0 Å². The zero-order valence-corrected chi connectivity index (χ0v) is 14.1. The molecule has 2 N–H and O–H groups in total. The fraction of sp³-hybridized carbons (Fsp3) is 0.600. The Balaban J connectivity index is 3.38. The van der Waals surface area contributed by atoms with Crippen molar-refractivity contribution < 1.29 is 24.0 Å². The highest BCUT2D eigenvalue weighted by atomic mass is 16.7. The van der Waals surface area contributed by atoms with Gasteiger partial charge in [-0.3, -0.25) is 14.4 Å². The van der Waals surface area contributed by atoms with Gasteiger partial charge in [0.05, 0.1) is 12.8 Å². The van der Waals surface area contributed by atoms with Crippen LogP contribution in [0.4, 0.5) is 0 Å². The number of esters is 1. The fourth-order valence-corrected chi connectivity index (χ4v) is 2.01. The highest BCUT2D eigenvalue weighted by molar-refractivity contribution is 6.06. The van der Waals surface area contributed by atoms with Crippen LogP contribution in [0.15, 0.2) is 16.4 Å². The van der Waals surface area contributed by atoms with E-state index in [1.807, 2.05) is 27.7 Å². The summed E-state index contributed by atoms with van der Waals surface area (Å²) in [5.74, 6) is -2.10. The summed E-state index contributed by atoms with van der Waals surface area (Å²) in [5, 5.41) is 0.905. The molecule has 1 aliphatic rings. The molecule has 1 aliphatic heterocycles. The topological polar surface area (TPSA) is 111 Å². The zero-order chi connectivity index (χ0) is 17.7. The summed E-state index contributed by atoms with van der Waals surface area (Å²) >= 11 is 0. The van der Waals surface area contributed by atoms with Crippen molar-refractivity contribution in [2.45, 2.75) is 40.5 Å². The Kier molecular flexibility index (Phi) is 6.44. The number of carbonyl (C=O) groups excluding carboxylic acids is 3. The number of nitrogens with zero attached hydrogens (tertiary/aromatic N) is 2. The molecule has 0 aromatic carbocycles. The Bertz CT molecular complexity index is 565. The van der Waals surface area contributed by atoms with Crippen molar-refractivity contribution in [2.24, 2.45) is 22.6 Å². The lowest BCUT2D eigenvalue weighted by Crippen LogP contribution is -2.36. The molecule has 1 unspecified atom stereocenters. The van der Waals surface area contributed by atoms with Gasteiger partial charge in [-0.25, -0.2) is 9.79 Å². The number of hydrogen-bond donors (Lipinski definition) is 1. The minimum atomic E-state index is -0.786. The van der Waals surface area contributed by atoms with Gasteiger partial charge in [0.25, 0.3) is 5.91 Å². The third-order valence-electron chi connectivity index (χ3n) is 3.38. The van der Waals surface area contributed by atoms with E-state index in [1.165, 1.54) is 7.11 Å². The fourth-order valence-electron chi connectivity index (χ4n) is 2.01. The first-order valence-electron chi connectivity index (χ1n) is 7.43. The predicted molar refractivity (Wildman–Crippen MR) is 82.5 cm³/mol. The van der Waals surface area contributed by atoms with E-state index < -0.39 is 24.2 Å². The lowest BCUT2D eigenvalue weighted by Gasteiger charge is -2.26. The van der Waals surface area contributed by atoms with Crippen molar-refractivity contribution in [1.82, 2.24) is 5.06 Å². The largest absolute Gasteiger partial charge is 0.406 e. The van der Waals surface area contributed by atoms with Gasteiger partial charge in [-0.15, -0.1) is 0 Å². The quantitative estimate of drug-likeness (QED) is 0.326. The molecule has 23 heavy (non-hydrogen) atoms. The molecule has 1 rings (SSSR count). The molecule has 0 bridgehead atoms. The monoisotopic (exact) mass is 325 g/mol. The van der Waals surface area contributed by atoms with E-state index >= 15 is 0 Å². The Morgan fingerprint density at radius 2 is 1.96 bits per heavy atom. The third kappa shape index (κ3) is 4.38. The van der Waals surface area contributed by atoms with Crippen molar-refractivity contribution >= 4 is 23.7 Å². The number of ether oxygens (including phenoxy) is 1. The van der Waals surface area contributed by atoms with Gasteiger partial charge in [0.15, 0.2) is 5.70 Å². The summed E-state index contributed by atoms with van der Waals surface area (Å²) in [6, 6.07) is 0. The van der Waals surface area contributed by atoms with Crippen molar-refractivity contribution in [3.63, 3.8) is 0 Å². The summed E-state index contributed by atoms with van der Waals surface area (Å²) in [4.78, 5) is 44.6. The average molecular weight is 325 g/mol. The van der Waals surface area contributed by atoms with Crippen LogP contribution in [-0.4, -0.2) is 35.9 Å². The van der Waals surface area contributed by atoms with Crippen LogP contribution in [0, 0.1) is 11.8 Å². The SMILES string of the molecule is CCC(C)/C(=C1/N=C(C(C)C)OC1=O)N(OC)C(=O)CC(N)=O. The summed E-state index contributed by atoms with van der Waals surface area (Å²) in [5.41, 5.74) is 5.34. The molecule has 0 aromatic heterocycles. The van der Waals surface area contributed by atoms with E-state index in [4.69, 9.17) is 15.3 Å². The number of carbonyl (C=O) groups is 3. The molecule has 0 fully saturated rings. The summed E-state index contributed by atoms with van der Waals surface area (Å²) < 4.78 is 5.13. The summed E-state index contributed by atoms with van der Waals surface area (Å²) in [7, 11) is 1.27. The van der Waals surface area contributed by atoms with Crippen LogP contribution in [-0.2, 0) is 24.0 Å². The lowest BCUT2D eigenvalue weighted by atomic mass is 10.0. The van der Waals surface area contributed by atoms with Crippen LogP contribution < -0.4 is 5.73 Å². The summed E-state index contributed by atoms with van der Waals surface area (Å²) in [6.07, 6.45) is 0.0964. The summed E-state index contributed by atoms with van der Waals surface area (Å²) in [6.45, 7) is 7.39. The van der Waals surface area contributed by atoms with E-state index in [0.717, 1.165) is 5.06 Å². The molecule has 1 heterocycles. The molecule has 0 radical (unpaired) electrons. The highest BCUT2D eigenvalue weighted by Gasteiger charge is 2.34. The van der Waals surface area contributed by atoms with Crippen LogP contribution in [0.25, 0.3) is 0 Å². The molecular weight excluding hydrogens is 302 g/mol. The molecule has 0 aliphatic carbocycles. The number of nitrogens with two attached hydrogens (primary N) is 1. The molecule has 0 saturated heterocycles. The first-order valence-corrected chi connectivity index (χ1v) is 7.43. The van der Waals surface area contributed by atoms with E-state index in [2.05, 4.69) is 4.99 Å².